The van der Waals surface area contributed by atoms with Crippen molar-refractivity contribution >= 4 is 5.97 Å². The van der Waals surface area contributed by atoms with Crippen LogP contribution in [0, 0.1) is 5.92 Å². The van der Waals surface area contributed by atoms with Crippen molar-refractivity contribution in [2.75, 3.05) is 6.61 Å². The van der Waals surface area contributed by atoms with Crippen LogP contribution >= 0.6 is 0 Å². The molecule has 0 saturated carbocycles. The number of carboxylic acids is 1. The lowest BCUT2D eigenvalue weighted by Gasteiger charge is -2.24. The monoisotopic (exact) mass is 157 g/mol. The maximum atomic E-state index is 10.2. The molecule has 0 spiro atoms. The predicted molar refractivity (Wildman–Crippen MR) is 34.2 cm³/mol. The van der Waals surface area contributed by atoms with Crippen molar-refractivity contribution in [2.24, 2.45) is 5.92 Å². The first-order valence-corrected chi connectivity index (χ1v) is 3.35. The SMILES string of the molecule is CC1COC(C(=O)[O-])=C[C@@H]1O. The number of hydrogen-bond acceptors (Lipinski definition) is 4. The van der Waals surface area contributed by atoms with Crippen LogP contribution in [-0.4, -0.2) is 23.8 Å². The first-order valence-electron chi connectivity index (χ1n) is 3.35. The van der Waals surface area contributed by atoms with Crippen LogP contribution < -0.4 is 5.11 Å². The molecule has 1 aliphatic heterocycles. The zero-order valence-electron chi connectivity index (χ0n) is 6.11. The first kappa shape index (κ1) is 8.07. The third kappa shape index (κ3) is 1.71. The van der Waals surface area contributed by atoms with Gasteiger partial charge < -0.3 is 19.7 Å². The lowest BCUT2D eigenvalue weighted by atomic mass is 10.0. The largest absolute Gasteiger partial charge is 0.542 e. The fourth-order valence-electron chi connectivity index (χ4n) is 0.814. The summed E-state index contributed by atoms with van der Waals surface area (Å²) in [5, 5.41) is 19.3. The minimum atomic E-state index is -1.38. The molecule has 1 rings (SSSR count). The van der Waals surface area contributed by atoms with Gasteiger partial charge in [0.15, 0.2) is 0 Å². The van der Waals surface area contributed by atoms with Crippen LogP contribution in [0.25, 0.3) is 0 Å². The number of carbonyl (C=O) groups is 1. The van der Waals surface area contributed by atoms with E-state index in [-0.39, 0.29) is 18.3 Å². The van der Waals surface area contributed by atoms with Gasteiger partial charge in [-0.2, -0.15) is 0 Å². The minimum absolute atomic E-state index is 0.0573. The fourth-order valence-corrected chi connectivity index (χ4v) is 0.814. The summed E-state index contributed by atoms with van der Waals surface area (Å²) in [5.41, 5.74) is 0. The number of aliphatic carboxylic acids is 1. The predicted octanol–water partition coefficient (Wildman–Crippen LogP) is -1.35. The van der Waals surface area contributed by atoms with E-state index in [9.17, 15) is 9.90 Å². The van der Waals surface area contributed by atoms with Gasteiger partial charge in [-0.05, 0) is 6.08 Å². The third-order valence-electron chi connectivity index (χ3n) is 1.61. The molecule has 62 valence electrons. The maximum absolute atomic E-state index is 10.2. The van der Waals surface area contributed by atoms with Crippen LogP contribution in [0.2, 0.25) is 0 Å². The Balaban J connectivity index is 2.71. The Morgan fingerprint density at radius 3 is 3.00 bits per heavy atom. The van der Waals surface area contributed by atoms with Crippen LogP contribution in [0.1, 0.15) is 6.92 Å². The molecule has 4 nitrogen and oxygen atoms in total. The number of aliphatic hydroxyl groups excluding tert-OH is 1. The molecule has 1 N–H and O–H groups in total. The Morgan fingerprint density at radius 2 is 2.55 bits per heavy atom. The number of carbonyl (C=O) groups excluding carboxylic acids is 1. The van der Waals surface area contributed by atoms with Gasteiger partial charge in [-0.15, -0.1) is 0 Å². The number of carboxylic acid groups (broad SMARTS) is 1. The van der Waals surface area contributed by atoms with Gasteiger partial charge in [0.1, 0.15) is 11.7 Å². The number of aliphatic hydroxyl groups is 1. The van der Waals surface area contributed by atoms with Crippen LogP contribution in [0.4, 0.5) is 0 Å². The first-order chi connectivity index (χ1) is 5.11. The standard InChI is InChI=1S/C7H10O4/c1-4-3-11-6(7(9)10)2-5(4)8/h2,4-5,8H,3H2,1H3,(H,9,10)/p-1/t4?,5-/m0/s1. The molecule has 1 heterocycles. The van der Waals surface area contributed by atoms with Gasteiger partial charge in [-0.3, -0.25) is 0 Å². The lowest BCUT2D eigenvalue weighted by molar-refractivity contribution is -0.303. The molecule has 1 unspecified atom stereocenters. The van der Waals surface area contributed by atoms with Crippen molar-refractivity contribution in [3.8, 4) is 0 Å². The highest BCUT2D eigenvalue weighted by molar-refractivity contribution is 5.82. The molecule has 11 heavy (non-hydrogen) atoms. The van der Waals surface area contributed by atoms with E-state index in [1.54, 1.807) is 6.92 Å². The summed E-state index contributed by atoms with van der Waals surface area (Å²) >= 11 is 0. The van der Waals surface area contributed by atoms with E-state index in [2.05, 4.69) is 0 Å². The highest BCUT2D eigenvalue weighted by Gasteiger charge is 2.19. The van der Waals surface area contributed by atoms with Crippen LogP contribution in [-0.2, 0) is 9.53 Å². The van der Waals surface area contributed by atoms with Crippen molar-refractivity contribution in [2.45, 2.75) is 13.0 Å². The molecular weight excluding hydrogens is 148 g/mol. The van der Waals surface area contributed by atoms with Gasteiger partial charge in [-0.25, -0.2) is 0 Å². The second-order valence-electron chi connectivity index (χ2n) is 2.60. The van der Waals surface area contributed by atoms with Crippen LogP contribution in [0.5, 0.6) is 0 Å². The summed E-state index contributed by atoms with van der Waals surface area (Å²) in [4.78, 5) is 10.2. The summed E-state index contributed by atoms with van der Waals surface area (Å²) in [5.74, 6) is -1.70. The van der Waals surface area contributed by atoms with Crippen molar-refractivity contribution < 1.29 is 19.7 Å². The Bertz CT molecular complexity index is 197. The average Bonchev–Trinajstić information content (AvgIpc) is 1.94. The van der Waals surface area contributed by atoms with Crippen molar-refractivity contribution in [1.29, 1.82) is 0 Å². The molecule has 4 heteroatoms. The van der Waals surface area contributed by atoms with Gasteiger partial charge in [0, 0.05) is 5.92 Å². The van der Waals surface area contributed by atoms with Crippen molar-refractivity contribution in [3.05, 3.63) is 11.8 Å². The average molecular weight is 157 g/mol. The summed E-state index contributed by atoms with van der Waals surface area (Å²) in [6.07, 6.45) is 0.417. The number of ether oxygens (including phenoxy) is 1. The van der Waals surface area contributed by atoms with Crippen LogP contribution in [0.3, 0.4) is 0 Å². The van der Waals surface area contributed by atoms with E-state index in [1.165, 1.54) is 0 Å². The van der Waals surface area contributed by atoms with Crippen molar-refractivity contribution in [3.63, 3.8) is 0 Å². The summed E-state index contributed by atoms with van der Waals surface area (Å²) in [6.45, 7) is 1.99. The Labute approximate surface area is 64.1 Å². The van der Waals surface area contributed by atoms with E-state index in [0.717, 1.165) is 6.08 Å². The molecule has 1 aliphatic rings. The summed E-state index contributed by atoms with van der Waals surface area (Å²) < 4.78 is 4.76. The van der Waals surface area contributed by atoms with Crippen molar-refractivity contribution in [1.82, 2.24) is 0 Å². The second-order valence-corrected chi connectivity index (χ2v) is 2.60. The Hall–Kier alpha value is -1.03. The molecular formula is C7H9O4-. The van der Waals surface area contributed by atoms with E-state index < -0.39 is 12.1 Å². The summed E-state index contributed by atoms with van der Waals surface area (Å²) in [6, 6.07) is 0. The zero-order chi connectivity index (χ0) is 8.43. The van der Waals surface area contributed by atoms with Gasteiger partial charge in [0.2, 0.25) is 0 Å². The quantitative estimate of drug-likeness (QED) is 0.510. The minimum Gasteiger partial charge on any atom is -0.542 e. The van der Waals surface area contributed by atoms with Gasteiger partial charge >= 0.3 is 0 Å². The Morgan fingerprint density at radius 1 is 1.91 bits per heavy atom. The lowest BCUT2D eigenvalue weighted by Crippen LogP contribution is -2.33. The highest BCUT2D eigenvalue weighted by atomic mass is 16.5. The van der Waals surface area contributed by atoms with Gasteiger partial charge in [0.05, 0.1) is 12.7 Å². The third-order valence-corrected chi connectivity index (χ3v) is 1.61. The number of rotatable bonds is 1. The highest BCUT2D eigenvalue weighted by Crippen LogP contribution is 2.15. The normalized spacial score (nSPS) is 30.5. The molecule has 0 fully saturated rings. The topological polar surface area (TPSA) is 69.6 Å². The van der Waals surface area contributed by atoms with Gasteiger partial charge in [-0.1, -0.05) is 6.92 Å². The smallest absolute Gasteiger partial charge is 0.140 e. The number of hydrogen-bond donors (Lipinski definition) is 1. The van der Waals surface area contributed by atoms with E-state index in [4.69, 9.17) is 9.84 Å². The Kier molecular flexibility index (Phi) is 2.14. The molecule has 0 amide bonds. The molecule has 0 radical (unpaired) electrons. The molecule has 0 aromatic carbocycles. The van der Waals surface area contributed by atoms with E-state index >= 15 is 0 Å². The fraction of sp³-hybridized carbons (Fsp3) is 0.571. The van der Waals surface area contributed by atoms with Gasteiger partial charge in [0.25, 0.3) is 0 Å². The van der Waals surface area contributed by atoms with E-state index in [1.807, 2.05) is 0 Å². The van der Waals surface area contributed by atoms with Crippen LogP contribution in [0.15, 0.2) is 11.8 Å². The molecule has 0 aliphatic carbocycles. The second kappa shape index (κ2) is 2.92. The molecule has 0 bridgehead atoms. The molecule has 0 saturated heterocycles. The maximum Gasteiger partial charge on any atom is 0.140 e. The molecule has 0 aromatic heterocycles. The summed E-state index contributed by atoms with van der Waals surface area (Å²) in [7, 11) is 0. The molecule has 0 aromatic rings. The molecule has 2 atom stereocenters. The van der Waals surface area contributed by atoms with E-state index in [0.29, 0.717) is 0 Å². The zero-order valence-corrected chi connectivity index (χ0v) is 6.11.